The second-order valence-electron chi connectivity index (χ2n) is 12.2. The molecule has 3 aliphatic rings. The van der Waals surface area contributed by atoms with Gasteiger partial charge in [0.25, 0.3) is 0 Å². The van der Waals surface area contributed by atoms with Crippen LogP contribution >= 0.6 is 11.8 Å². The second kappa shape index (κ2) is 11.3. The molecule has 2 heterocycles. The molecule has 8 heteroatoms. The molecule has 216 valence electrons. The molecule has 0 radical (unpaired) electrons. The van der Waals surface area contributed by atoms with Gasteiger partial charge in [-0.25, -0.2) is 14.8 Å². The van der Waals surface area contributed by atoms with Crippen molar-refractivity contribution in [2.75, 3.05) is 6.54 Å². The van der Waals surface area contributed by atoms with E-state index in [0.29, 0.717) is 18.9 Å². The van der Waals surface area contributed by atoms with E-state index in [1.165, 1.54) is 12.8 Å². The number of likely N-dealkylation sites (N-methyl/N-ethyl adjacent to an activating group) is 1. The number of carboxylic acid groups (broad SMARTS) is 1. The van der Waals surface area contributed by atoms with Crippen LogP contribution in [0.1, 0.15) is 77.1 Å². The van der Waals surface area contributed by atoms with Crippen LogP contribution in [0.15, 0.2) is 53.2 Å². The molecular formula is C33H40N4O3S. The fourth-order valence-corrected chi connectivity index (χ4v) is 7.97. The summed E-state index contributed by atoms with van der Waals surface area (Å²) >= 11 is 1.60. The molecule has 2 fully saturated rings. The number of carboxylic acids is 1. The molecule has 1 aromatic carbocycles. The summed E-state index contributed by atoms with van der Waals surface area (Å²) in [4.78, 5) is 38.7. The fourth-order valence-electron chi connectivity index (χ4n) is 6.77. The van der Waals surface area contributed by atoms with E-state index in [0.717, 1.165) is 77.4 Å². The van der Waals surface area contributed by atoms with E-state index in [9.17, 15) is 14.7 Å². The number of aliphatic carboxylic acids is 1. The first-order valence-corrected chi connectivity index (χ1v) is 16.1. The number of aromatic nitrogens is 3. The maximum absolute atomic E-state index is 13.5. The van der Waals surface area contributed by atoms with Gasteiger partial charge in [-0.1, -0.05) is 45.2 Å². The number of carbonyl (C=O) groups is 2. The normalized spacial score (nSPS) is 19.2. The van der Waals surface area contributed by atoms with Crippen LogP contribution in [-0.4, -0.2) is 54.1 Å². The molecule has 0 bridgehead atoms. The van der Waals surface area contributed by atoms with E-state index < -0.39 is 17.4 Å². The van der Waals surface area contributed by atoms with Crippen molar-refractivity contribution in [3.63, 3.8) is 0 Å². The predicted molar refractivity (Wildman–Crippen MR) is 163 cm³/mol. The molecule has 1 N–H and O–H groups in total. The Morgan fingerprint density at radius 1 is 1.15 bits per heavy atom. The maximum Gasteiger partial charge on any atom is 0.326 e. The number of thioether (sulfide) groups is 1. The lowest BCUT2D eigenvalue weighted by atomic mass is 9.61. The predicted octanol–water partition coefficient (Wildman–Crippen LogP) is 6.58. The summed E-state index contributed by atoms with van der Waals surface area (Å²) in [5, 5.41) is 10.8. The third-order valence-electron chi connectivity index (χ3n) is 8.94. The van der Waals surface area contributed by atoms with Gasteiger partial charge in [0, 0.05) is 42.2 Å². The summed E-state index contributed by atoms with van der Waals surface area (Å²) in [5.41, 5.74) is 4.19. The Hall–Kier alpha value is -3.13. The number of ketones is 1. The van der Waals surface area contributed by atoms with Crippen molar-refractivity contribution in [3.8, 4) is 5.69 Å². The summed E-state index contributed by atoms with van der Waals surface area (Å²) in [6.45, 7) is 6.76. The van der Waals surface area contributed by atoms with Gasteiger partial charge in [0.05, 0.1) is 10.3 Å². The number of imidazole rings is 1. The van der Waals surface area contributed by atoms with E-state index in [4.69, 9.17) is 4.98 Å². The van der Waals surface area contributed by atoms with Gasteiger partial charge >= 0.3 is 5.97 Å². The number of rotatable bonds is 11. The lowest BCUT2D eigenvalue weighted by Gasteiger charge is -2.52. The van der Waals surface area contributed by atoms with E-state index in [1.54, 1.807) is 18.0 Å². The van der Waals surface area contributed by atoms with Crippen LogP contribution in [0.3, 0.4) is 0 Å². The molecule has 2 aromatic heterocycles. The molecule has 2 saturated carbocycles. The summed E-state index contributed by atoms with van der Waals surface area (Å²) in [6.07, 6.45) is 10.5. The van der Waals surface area contributed by atoms with Gasteiger partial charge in [-0.2, -0.15) is 0 Å². The van der Waals surface area contributed by atoms with Crippen molar-refractivity contribution in [2.45, 2.75) is 89.9 Å². The van der Waals surface area contributed by atoms with Crippen LogP contribution in [-0.2, 0) is 22.4 Å². The highest BCUT2D eigenvalue weighted by Crippen LogP contribution is 2.57. The molecule has 1 spiro atoms. The van der Waals surface area contributed by atoms with Crippen LogP contribution in [0.4, 0.5) is 0 Å². The summed E-state index contributed by atoms with van der Waals surface area (Å²) in [5.74, 6) is 1.12. The van der Waals surface area contributed by atoms with Gasteiger partial charge < -0.3 is 10.0 Å². The van der Waals surface area contributed by atoms with Gasteiger partial charge in [-0.15, -0.1) is 11.8 Å². The molecule has 3 aliphatic carbocycles. The summed E-state index contributed by atoms with van der Waals surface area (Å²) in [6, 6.07) is 11.4. The molecule has 0 amide bonds. The average Bonchev–Trinajstić information content (AvgIpc) is 3.72. The minimum absolute atomic E-state index is 0.237. The van der Waals surface area contributed by atoms with Gasteiger partial charge in [0.1, 0.15) is 17.4 Å². The molecule has 0 saturated heterocycles. The first-order chi connectivity index (χ1) is 19.8. The number of hydrogen-bond acceptors (Lipinski definition) is 6. The van der Waals surface area contributed by atoms with Crippen LogP contribution in [0, 0.1) is 11.3 Å². The Balaban J connectivity index is 1.30. The van der Waals surface area contributed by atoms with Crippen molar-refractivity contribution >= 4 is 34.7 Å². The molecule has 7 nitrogen and oxygen atoms in total. The van der Waals surface area contributed by atoms with Crippen LogP contribution in [0.25, 0.3) is 16.9 Å². The molecule has 6 rings (SSSR count). The number of carbonyl (C=O) groups excluding carboxylic acids is 1. The molecular weight excluding hydrogens is 532 g/mol. The monoisotopic (exact) mass is 572 g/mol. The number of benzene rings is 1. The zero-order valence-corrected chi connectivity index (χ0v) is 25.1. The first kappa shape index (κ1) is 28.0. The lowest BCUT2D eigenvalue weighted by Crippen LogP contribution is -2.55. The quantitative estimate of drug-likeness (QED) is 0.278. The van der Waals surface area contributed by atoms with Gasteiger partial charge in [0.15, 0.2) is 11.4 Å². The smallest absolute Gasteiger partial charge is 0.326 e. The highest BCUT2D eigenvalue weighted by Gasteiger charge is 2.56. The lowest BCUT2D eigenvalue weighted by molar-refractivity contribution is -0.144. The van der Waals surface area contributed by atoms with E-state index in [1.807, 2.05) is 36.1 Å². The summed E-state index contributed by atoms with van der Waals surface area (Å²) in [7, 11) is 0. The average molecular weight is 573 g/mol. The zero-order chi connectivity index (χ0) is 28.7. The Labute approximate surface area is 246 Å². The Morgan fingerprint density at radius 3 is 2.51 bits per heavy atom. The molecule has 3 aromatic rings. The van der Waals surface area contributed by atoms with Crippen molar-refractivity contribution in [2.24, 2.45) is 11.3 Å². The number of allylic oxidation sites excluding steroid dienone is 2. The van der Waals surface area contributed by atoms with Crippen LogP contribution < -0.4 is 0 Å². The molecule has 1 atom stereocenters. The number of nitrogens with zero attached hydrogens (tertiary/aromatic N) is 4. The van der Waals surface area contributed by atoms with Crippen LogP contribution in [0.5, 0.6) is 0 Å². The largest absolute Gasteiger partial charge is 0.480 e. The third-order valence-corrected chi connectivity index (χ3v) is 10.0. The van der Waals surface area contributed by atoms with Crippen molar-refractivity contribution in [1.82, 2.24) is 19.4 Å². The van der Waals surface area contributed by atoms with Crippen LogP contribution in [0.2, 0.25) is 0 Å². The number of hydrogen-bond donors (Lipinski definition) is 1. The second-order valence-corrected chi connectivity index (χ2v) is 13.8. The highest BCUT2D eigenvalue weighted by atomic mass is 32.2. The zero-order valence-electron chi connectivity index (χ0n) is 24.3. The minimum Gasteiger partial charge on any atom is -0.480 e. The van der Waals surface area contributed by atoms with E-state index in [2.05, 4.69) is 35.5 Å². The van der Waals surface area contributed by atoms with Gasteiger partial charge in [0.2, 0.25) is 0 Å². The van der Waals surface area contributed by atoms with Crippen molar-refractivity contribution < 1.29 is 14.7 Å². The standard InChI is InChI=1S/C33H40N4O3S/c1-4-36(29-28(41-21(2)3)30(38)33(29)16-6-5-7-17-33)26(32(39)40)19-22-12-14-24(15-13-22)37-27(20-23-10-11-23)35-25-9-8-18-34-31(25)37/h8-9,12-15,18,21,23,26H,4-7,10-11,16-17,19-20H2,1-3H3,(H,39,40)/t26-/m0/s1. The van der Waals surface area contributed by atoms with Gasteiger partial charge in [-0.05, 0) is 68.4 Å². The maximum atomic E-state index is 13.5. The topological polar surface area (TPSA) is 88.3 Å². The minimum atomic E-state index is -0.848. The number of Topliss-reactive ketones (excluding diaryl/α,β-unsaturated/α-hetero) is 1. The molecule has 0 unspecified atom stereocenters. The van der Waals surface area contributed by atoms with E-state index in [-0.39, 0.29) is 11.0 Å². The molecule has 41 heavy (non-hydrogen) atoms. The highest BCUT2D eigenvalue weighted by molar-refractivity contribution is 8.04. The first-order valence-electron chi connectivity index (χ1n) is 15.2. The SMILES string of the molecule is CCN(C1=C(SC(C)C)C(=O)C12CCCCC2)[C@@H](Cc1ccc(-n2c(CC3CC3)nc3cccnc32)cc1)C(=O)O. The number of pyridine rings is 1. The Bertz CT molecular complexity index is 1480. The van der Waals surface area contributed by atoms with Crippen molar-refractivity contribution in [1.29, 1.82) is 0 Å². The Morgan fingerprint density at radius 2 is 1.88 bits per heavy atom. The summed E-state index contributed by atoms with van der Waals surface area (Å²) < 4.78 is 2.15. The molecule has 0 aliphatic heterocycles. The van der Waals surface area contributed by atoms with Gasteiger partial charge in [-0.3, -0.25) is 9.36 Å². The fraction of sp³-hybridized carbons (Fsp3) is 0.515. The Kier molecular flexibility index (Phi) is 7.70. The number of fused-ring (bicyclic) bond motifs is 1. The van der Waals surface area contributed by atoms with E-state index >= 15 is 0 Å². The van der Waals surface area contributed by atoms with Crippen molar-refractivity contribution in [3.05, 3.63) is 64.6 Å². The third kappa shape index (κ3) is 5.20.